The first-order valence-corrected chi connectivity index (χ1v) is 11.0. The average molecular weight is 434 g/mol. The molecule has 0 atom stereocenters. The summed E-state index contributed by atoms with van der Waals surface area (Å²) in [7, 11) is 2.11. The number of anilines is 2. The van der Waals surface area contributed by atoms with Crippen LogP contribution in [-0.4, -0.2) is 60.4 Å². The number of aromatic amines is 1. The van der Waals surface area contributed by atoms with Crippen LogP contribution < -0.4 is 20.1 Å². The topological polar surface area (TPSA) is 91.5 Å². The van der Waals surface area contributed by atoms with Gasteiger partial charge in [0.05, 0.1) is 5.69 Å². The van der Waals surface area contributed by atoms with E-state index >= 15 is 0 Å². The van der Waals surface area contributed by atoms with Crippen molar-refractivity contribution in [2.24, 2.45) is 0 Å². The lowest BCUT2D eigenvalue weighted by Crippen LogP contribution is -2.43. The van der Waals surface area contributed by atoms with Gasteiger partial charge >= 0.3 is 0 Å². The number of nitrogens with zero attached hydrogens (tertiary/aromatic N) is 2. The fourth-order valence-electron chi connectivity index (χ4n) is 4.02. The zero-order chi connectivity index (χ0) is 21.9. The third-order valence-electron chi connectivity index (χ3n) is 5.90. The number of nitrogens with one attached hydrogen (secondary N) is 3. The van der Waals surface area contributed by atoms with Crippen molar-refractivity contribution in [1.29, 1.82) is 0 Å². The van der Waals surface area contributed by atoms with Gasteiger partial charge in [-0.15, -0.1) is 0 Å². The number of H-pyrrole nitrogens is 1. The van der Waals surface area contributed by atoms with E-state index in [1.165, 1.54) is 0 Å². The van der Waals surface area contributed by atoms with Crippen LogP contribution in [0.1, 0.15) is 23.2 Å². The Hall–Kier alpha value is -3.52. The van der Waals surface area contributed by atoms with Gasteiger partial charge in [0, 0.05) is 28.9 Å². The molecule has 0 saturated carbocycles. The molecule has 1 aromatic heterocycles. The van der Waals surface area contributed by atoms with Crippen LogP contribution in [0.2, 0.25) is 0 Å². The molecule has 1 amide bonds. The van der Waals surface area contributed by atoms with Crippen LogP contribution in [0, 0.1) is 0 Å². The van der Waals surface area contributed by atoms with Gasteiger partial charge in [-0.2, -0.15) is 5.10 Å². The molecule has 2 aromatic carbocycles. The number of amides is 1. The Morgan fingerprint density at radius 1 is 1.03 bits per heavy atom. The molecule has 3 heterocycles. The zero-order valence-electron chi connectivity index (χ0n) is 18.1. The van der Waals surface area contributed by atoms with Crippen LogP contribution in [0.15, 0.2) is 48.5 Å². The van der Waals surface area contributed by atoms with Gasteiger partial charge in [0.15, 0.2) is 17.3 Å². The number of carbonyl (C=O) groups is 1. The van der Waals surface area contributed by atoms with Gasteiger partial charge < -0.3 is 25.0 Å². The van der Waals surface area contributed by atoms with E-state index in [4.69, 9.17) is 9.47 Å². The van der Waals surface area contributed by atoms with Crippen molar-refractivity contribution in [3.8, 4) is 22.8 Å². The fourth-order valence-corrected chi connectivity index (χ4v) is 4.02. The summed E-state index contributed by atoms with van der Waals surface area (Å²) < 4.78 is 11.2. The van der Waals surface area contributed by atoms with Gasteiger partial charge in [-0.1, -0.05) is 0 Å². The molecule has 3 N–H and O–H groups in total. The molecule has 0 radical (unpaired) electrons. The third kappa shape index (κ3) is 4.55. The van der Waals surface area contributed by atoms with Crippen LogP contribution in [0.25, 0.3) is 11.3 Å². The molecule has 8 heteroatoms. The lowest BCUT2D eigenvalue weighted by Gasteiger charge is -2.29. The highest BCUT2D eigenvalue weighted by Gasteiger charge is 2.19. The minimum atomic E-state index is -0.0215. The largest absolute Gasteiger partial charge is 0.486 e. The molecule has 32 heavy (non-hydrogen) atoms. The fraction of sp³-hybridized carbons (Fsp3) is 0.333. The Kier molecular flexibility index (Phi) is 5.68. The molecule has 3 aromatic rings. The number of hydrogen-bond acceptors (Lipinski definition) is 6. The van der Waals surface area contributed by atoms with Crippen molar-refractivity contribution >= 4 is 17.4 Å². The van der Waals surface area contributed by atoms with Crippen LogP contribution in [0.3, 0.4) is 0 Å². The molecule has 1 saturated heterocycles. The number of piperidine rings is 1. The van der Waals surface area contributed by atoms with Gasteiger partial charge in [-0.3, -0.25) is 9.89 Å². The molecule has 0 aliphatic carbocycles. The molecule has 0 unspecified atom stereocenters. The highest BCUT2D eigenvalue weighted by atomic mass is 16.6. The Morgan fingerprint density at radius 2 is 1.78 bits per heavy atom. The summed E-state index contributed by atoms with van der Waals surface area (Å²) in [6.07, 6.45) is 1.99. The highest BCUT2D eigenvalue weighted by molar-refractivity contribution is 5.94. The first kappa shape index (κ1) is 20.4. The van der Waals surface area contributed by atoms with Crippen molar-refractivity contribution in [2.45, 2.75) is 18.9 Å². The third-order valence-corrected chi connectivity index (χ3v) is 5.90. The number of fused-ring (bicyclic) bond motifs is 1. The van der Waals surface area contributed by atoms with Gasteiger partial charge in [0.25, 0.3) is 5.91 Å². The van der Waals surface area contributed by atoms with E-state index in [0.29, 0.717) is 24.6 Å². The maximum atomic E-state index is 12.5. The maximum absolute atomic E-state index is 12.5. The smallest absolute Gasteiger partial charge is 0.251 e. The summed E-state index contributed by atoms with van der Waals surface area (Å²) in [5.41, 5.74) is 3.36. The Morgan fingerprint density at radius 3 is 2.56 bits per heavy atom. The van der Waals surface area contributed by atoms with Gasteiger partial charge in [-0.25, -0.2) is 0 Å². The number of rotatable bonds is 5. The summed E-state index contributed by atoms with van der Waals surface area (Å²) in [5.74, 6) is 2.18. The monoisotopic (exact) mass is 433 g/mol. The average Bonchev–Trinajstić information content (AvgIpc) is 3.29. The first-order chi connectivity index (χ1) is 15.6. The highest BCUT2D eigenvalue weighted by Crippen LogP contribution is 2.34. The van der Waals surface area contributed by atoms with Crippen molar-refractivity contribution in [3.05, 3.63) is 54.1 Å². The van der Waals surface area contributed by atoms with E-state index in [1.54, 1.807) is 0 Å². The quantitative estimate of drug-likeness (QED) is 0.571. The van der Waals surface area contributed by atoms with Gasteiger partial charge in [0.2, 0.25) is 0 Å². The van der Waals surface area contributed by atoms with E-state index in [0.717, 1.165) is 54.4 Å². The lowest BCUT2D eigenvalue weighted by atomic mass is 10.0. The number of aromatic nitrogens is 2. The van der Waals surface area contributed by atoms with Crippen LogP contribution in [0.5, 0.6) is 11.5 Å². The Bertz CT molecular complexity index is 1090. The van der Waals surface area contributed by atoms with Gasteiger partial charge in [-0.05, 0) is 75.4 Å². The van der Waals surface area contributed by atoms with Crippen molar-refractivity contribution in [3.63, 3.8) is 0 Å². The molecule has 0 spiro atoms. The van der Waals surface area contributed by atoms with E-state index in [-0.39, 0.29) is 11.9 Å². The normalized spacial score (nSPS) is 16.5. The van der Waals surface area contributed by atoms with E-state index < -0.39 is 0 Å². The number of likely N-dealkylation sites (tertiary alicyclic amines) is 1. The SMILES string of the molecule is CN1CCC(NC(=O)c2ccc(Nc3cc(-c4ccc5c(c4)OCCO5)[nH]n3)cc2)CC1. The number of hydrogen-bond donors (Lipinski definition) is 3. The summed E-state index contributed by atoms with van der Waals surface area (Å²) in [6.45, 7) is 3.17. The van der Waals surface area contributed by atoms with E-state index in [2.05, 4.69) is 32.8 Å². The molecule has 1 fully saturated rings. The number of ether oxygens (including phenoxy) is 2. The van der Waals surface area contributed by atoms with Crippen molar-refractivity contribution < 1.29 is 14.3 Å². The van der Waals surface area contributed by atoms with Crippen LogP contribution >= 0.6 is 0 Å². The lowest BCUT2D eigenvalue weighted by molar-refractivity contribution is 0.0917. The second-order valence-electron chi connectivity index (χ2n) is 8.28. The minimum Gasteiger partial charge on any atom is -0.486 e. The molecular formula is C24H27N5O3. The van der Waals surface area contributed by atoms with Crippen LogP contribution in [0.4, 0.5) is 11.5 Å². The second kappa shape index (κ2) is 8.92. The number of benzene rings is 2. The maximum Gasteiger partial charge on any atom is 0.251 e. The summed E-state index contributed by atoms with van der Waals surface area (Å²) in [4.78, 5) is 14.8. The predicted molar refractivity (Wildman–Crippen MR) is 123 cm³/mol. The van der Waals surface area contributed by atoms with E-state index in [1.807, 2.05) is 48.5 Å². The minimum absolute atomic E-state index is 0.0215. The second-order valence-corrected chi connectivity index (χ2v) is 8.28. The van der Waals surface area contributed by atoms with Crippen LogP contribution in [-0.2, 0) is 0 Å². The zero-order valence-corrected chi connectivity index (χ0v) is 18.1. The summed E-state index contributed by atoms with van der Waals surface area (Å²) in [5, 5.41) is 13.8. The molecule has 2 aliphatic rings. The summed E-state index contributed by atoms with van der Waals surface area (Å²) >= 11 is 0. The molecular weight excluding hydrogens is 406 g/mol. The standard InChI is InChI=1S/C24H27N5O3/c1-29-10-8-19(9-11-29)26-24(30)16-2-5-18(6-3-16)25-23-15-20(27-28-23)17-4-7-21-22(14-17)32-13-12-31-21/h2-7,14-15,19H,8-13H2,1H3,(H,26,30)(H2,25,27,28). The van der Waals surface area contributed by atoms with Gasteiger partial charge in [0.1, 0.15) is 13.2 Å². The van der Waals surface area contributed by atoms with Crippen molar-refractivity contribution in [1.82, 2.24) is 20.4 Å². The Balaban J connectivity index is 1.21. The molecule has 166 valence electrons. The van der Waals surface area contributed by atoms with Crippen molar-refractivity contribution in [2.75, 3.05) is 38.7 Å². The molecule has 0 bridgehead atoms. The molecule has 2 aliphatic heterocycles. The number of carbonyl (C=O) groups excluding carboxylic acids is 1. The van der Waals surface area contributed by atoms with E-state index in [9.17, 15) is 4.79 Å². The predicted octanol–water partition coefficient (Wildman–Crippen LogP) is 3.42. The molecule has 5 rings (SSSR count). The summed E-state index contributed by atoms with van der Waals surface area (Å²) in [6, 6.07) is 15.5. The Labute approximate surface area is 186 Å². The molecule has 8 nitrogen and oxygen atoms in total. The first-order valence-electron chi connectivity index (χ1n) is 11.0.